The third kappa shape index (κ3) is 3.18. The first kappa shape index (κ1) is 13.0. The molecule has 0 aromatic carbocycles. The van der Waals surface area contributed by atoms with Gasteiger partial charge in [0.2, 0.25) is 0 Å². The molecule has 90 valence electrons. The zero-order valence-corrected chi connectivity index (χ0v) is 11.3. The van der Waals surface area contributed by atoms with E-state index in [-0.39, 0.29) is 5.54 Å². The second-order valence-corrected chi connectivity index (χ2v) is 5.98. The van der Waals surface area contributed by atoms with Gasteiger partial charge >= 0.3 is 0 Å². The van der Waals surface area contributed by atoms with Gasteiger partial charge < -0.3 is 5.32 Å². The van der Waals surface area contributed by atoms with Gasteiger partial charge in [0.05, 0.1) is 0 Å². The molecule has 1 saturated heterocycles. The van der Waals surface area contributed by atoms with Crippen LogP contribution >= 0.6 is 0 Å². The number of piperazine rings is 1. The van der Waals surface area contributed by atoms with Gasteiger partial charge in [-0.25, -0.2) is 0 Å². The van der Waals surface area contributed by atoms with Crippen molar-refractivity contribution in [2.45, 2.75) is 65.6 Å². The minimum Gasteiger partial charge on any atom is -0.309 e. The molecule has 1 fully saturated rings. The Bertz CT molecular complexity index is 197. The molecule has 2 nitrogen and oxygen atoms in total. The van der Waals surface area contributed by atoms with Crippen molar-refractivity contribution in [3.63, 3.8) is 0 Å². The van der Waals surface area contributed by atoms with Crippen molar-refractivity contribution in [1.82, 2.24) is 10.2 Å². The molecule has 0 aromatic rings. The fraction of sp³-hybridized carbons (Fsp3) is 1.00. The highest BCUT2D eigenvalue weighted by Crippen LogP contribution is 2.22. The number of rotatable bonds is 3. The van der Waals surface area contributed by atoms with Gasteiger partial charge in [-0.2, -0.15) is 0 Å². The van der Waals surface area contributed by atoms with Crippen LogP contribution in [0.3, 0.4) is 0 Å². The van der Waals surface area contributed by atoms with E-state index in [0.717, 1.165) is 18.5 Å². The summed E-state index contributed by atoms with van der Waals surface area (Å²) in [4.78, 5) is 2.70. The molecular weight excluding hydrogens is 184 g/mol. The molecule has 0 bridgehead atoms. The van der Waals surface area contributed by atoms with Gasteiger partial charge in [-0.15, -0.1) is 0 Å². The maximum atomic E-state index is 3.64. The lowest BCUT2D eigenvalue weighted by Gasteiger charge is -2.48. The van der Waals surface area contributed by atoms with Crippen molar-refractivity contribution < 1.29 is 0 Å². The van der Waals surface area contributed by atoms with E-state index in [1.54, 1.807) is 0 Å². The van der Waals surface area contributed by atoms with Gasteiger partial charge in [0.15, 0.2) is 0 Å². The normalized spacial score (nSPS) is 29.4. The largest absolute Gasteiger partial charge is 0.309 e. The molecule has 1 heterocycles. The Morgan fingerprint density at radius 3 is 2.40 bits per heavy atom. The fourth-order valence-corrected chi connectivity index (χ4v) is 2.39. The summed E-state index contributed by atoms with van der Waals surface area (Å²) < 4.78 is 0. The highest BCUT2D eigenvalue weighted by molar-refractivity contribution is 4.94. The van der Waals surface area contributed by atoms with E-state index >= 15 is 0 Å². The van der Waals surface area contributed by atoms with Crippen LogP contribution in [0.1, 0.15) is 48.0 Å². The Hall–Kier alpha value is -0.0800. The van der Waals surface area contributed by atoms with Crippen LogP contribution in [-0.4, -0.2) is 35.6 Å². The van der Waals surface area contributed by atoms with Crippen molar-refractivity contribution in [2.75, 3.05) is 13.1 Å². The molecule has 0 amide bonds. The van der Waals surface area contributed by atoms with Gasteiger partial charge in [0.25, 0.3) is 0 Å². The van der Waals surface area contributed by atoms with Gasteiger partial charge in [-0.05, 0) is 33.1 Å². The van der Waals surface area contributed by atoms with Crippen LogP contribution in [-0.2, 0) is 0 Å². The lowest BCUT2D eigenvalue weighted by molar-refractivity contribution is 0.0408. The van der Waals surface area contributed by atoms with E-state index in [2.05, 4.69) is 51.8 Å². The number of nitrogens with zero attached hydrogens (tertiary/aromatic N) is 1. The Balaban J connectivity index is 2.71. The highest BCUT2D eigenvalue weighted by Gasteiger charge is 2.34. The first-order valence-electron chi connectivity index (χ1n) is 6.38. The molecule has 1 rings (SSSR count). The maximum Gasteiger partial charge on any atom is 0.0253 e. The second kappa shape index (κ2) is 4.84. The first-order valence-corrected chi connectivity index (χ1v) is 6.38. The van der Waals surface area contributed by atoms with Crippen molar-refractivity contribution in [1.29, 1.82) is 0 Å². The Morgan fingerprint density at radius 2 is 1.93 bits per heavy atom. The van der Waals surface area contributed by atoms with Crippen LogP contribution in [0.2, 0.25) is 0 Å². The third-order valence-corrected chi connectivity index (χ3v) is 3.82. The lowest BCUT2D eigenvalue weighted by atomic mass is 9.93. The molecule has 0 aliphatic carbocycles. The van der Waals surface area contributed by atoms with E-state index in [9.17, 15) is 0 Å². The quantitative estimate of drug-likeness (QED) is 0.773. The summed E-state index contributed by atoms with van der Waals surface area (Å²) in [5.41, 5.74) is 0.273. The van der Waals surface area contributed by atoms with Crippen molar-refractivity contribution in [3.05, 3.63) is 0 Å². The van der Waals surface area contributed by atoms with Crippen LogP contribution in [0.4, 0.5) is 0 Å². The van der Waals surface area contributed by atoms with Crippen molar-refractivity contribution in [3.8, 4) is 0 Å². The van der Waals surface area contributed by atoms with Gasteiger partial charge in [0.1, 0.15) is 0 Å². The molecule has 1 aliphatic rings. The summed E-state index contributed by atoms with van der Waals surface area (Å²) in [7, 11) is 0. The lowest BCUT2D eigenvalue weighted by Crippen LogP contribution is -2.63. The summed E-state index contributed by atoms with van der Waals surface area (Å²) in [6, 6.07) is 1.41. The Kier molecular flexibility index (Phi) is 4.19. The zero-order valence-electron chi connectivity index (χ0n) is 11.3. The average Bonchev–Trinajstić information content (AvgIpc) is 2.15. The van der Waals surface area contributed by atoms with Crippen LogP contribution in [0.25, 0.3) is 0 Å². The summed E-state index contributed by atoms with van der Waals surface area (Å²) in [6.45, 7) is 16.2. The smallest absolute Gasteiger partial charge is 0.0253 e. The number of hydrogen-bond donors (Lipinski definition) is 1. The SMILES string of the molecule is CCC1CNC(C)(C)CN1C(C)C(C)C. The molecule has 0 saturated carbocycles. The van der Waals surface area contributed by atoms with Crippen LogP contribution in [0, 0.1) is 5.92 Å². The van der Waals surface area contributed by atoms with Gasteiger partial charge in [0, 0.05) is 30.7 Å². The van der Waals surface area contributed by atoms with E-state index in [1.807, 2.05) is 0 Å². The molecule has 0 aromatic heterocycles. The molecule has 1 aliphatic heterocycles. The van der Waals surface area contributed by atoms with Gasteiger partial charge in [-0.1, -0.05) is 20.8 Å². The molecule has 0 radical (unpaired) electrons. The molecule has 2 atom stereocenters. The number of hydrogen-bond acceptors (Lipinski definition) is 2. The standard InChI is InChI=1S/C13H28N2/c1-7-12-8-14-13(5,6)9-15(12)11(4)10(2)3/h10-12,14H,7-9H2,1-6H3. The third-order valence-electron chi connectivity index (χ3n) is 3.82. The molecule has 1 N–H and O–H groups in total. The molecule has 2 unspecified atom stereocenters. The topological polar surface area (TPSA) is 15.3 Å². The fourth-order valence-electron chi connectivity index (χ4n) is 2.39. The zero-order chi connectivity index (χ0) is 11.6. The van der Waals surface area contributed by atoms with Crippen molar-refractivity contribution >= 4 is 0 Å². The second-order valence-electron chi connectivity index (χ2n) is 5.98. The maximum absolute atomic E-state index is 3.64. The number of nitrogens with one attached hydrogen (secondary N) is 1. The predicted molar refractivity (Wildman–Crippen MR) is 67.2 cm³/mol. The Morgan fingerprint density at radius 1 is 1.33 bits per heavy atom. The van der Waals surface area contributed by atoms with Gasteiger partial charge in [-0.3, -0.25) is 4.90 Å². The minimum absolute atomic E-state index is 0.273. The summed E-state index contributed by atoms with van der Waals surface area (Å²) in [6.07, 6.45) is 1.25. The van der Waals surface area contributed by atoms with Crippen LogP contribution in [0.15, 0.2) is 0 Å². The van der Waals surface area contributed by atoms with E-state index in [0.29, 0.717) is 6.04 Å². The predicted octanol–water partition coefficient (Wildman–Crippen LogP) is 2.49. The first-order chi connectivity index (χ1) is 6.87. The van der Waals surface area contributed by atoms with Crippen molar-refractivity contribution in [2.24, 2.45) is 5.92 Å². The monoisotopic (exact) mass is 212 g/mol. The molecular formula is C13H28N2. The van der Waals surface area contributed by atoms with E-state index in [4.69, 9.17) is 0 Å². The van der Waals surface area contributed by atoms with E-state index < -0.39 is 0 Å². The average molecular weight is 212 g/mol. The summed E-state index contributed by atoms with van der Waals surface area (Å²) >= 11 is 0. The molecule has 0 spiro atoms. The Labute approximate surface area is 95.4 Å². The summed E-state index contributed by atoms with van der Waals surface area (Å²) in [5.74, 6) is 0.743. The van der Waals surface area contributed by atoms with Crippen LogP contribution < -0.4 is 5.32 Å². The van der Waals surface area contributed by atoms with Crippen LogP contribution in [0.5, 0.6) is 0 Å². The molecule has 15 heavy (non-hydrogen) atoms. The molecule has 2 heteroatoms. The summed E-state index contributed by atoms with van der Waals surface area (Å²) in [5, 5.41) is 3.64. The minimum atomic E-state index is 0.273. The van der Waals surface area contributed by atoms with E-state index in [1.165, 1.54) is 13.0 Å². The highest BCUT2D eigenvalue weighted by atomic mass is 15.3.